The number of nitrogens with zero attached hydrogens (tertiary/aromatic N) is 4. The smallest absolute Gasteiger partial charge is 0.188 e. The van der Waals surface area contributed by atoms with Crippen molar-refractivity contribution >= 4 is 5.69 Å². The molecule has 34 heavy (non-hydrogen) atoms. The van der Waals surface area contributed by atoms with Gasteiger partial charge in [-0.15, -0.1) is 0 Å². The Bertz CT molecular complexity index is 1470. The molecular formula is C28H16F2N4. The van der Waals surface area contributed by atoms with Crippen LogP contribution in [-0.4, -0.2) is 15.0 Å². The van der Waals surface area contributed by atoms with Gasteiger partial charge >= 0.3 is 0 Å². The van der Waals surface area contributed by atoms with E-state index in [1.54, 1.807) is 6.07 Å². The van der Waals surface area contributed by atoms with Crippen LogP contribution in [0.5, 0.6) is 0 Å². The average molecular weight is 446 g/mol. The van der Waals surface area contributed by atoms with Crippen LogP contribution in [0, 0.1) is 18.2 Å². The molecular weight excluding hydrogens is 430 g/mol. The van der Waals surface area contributed by atoms with E-state index in [0.29, 0.717) is 23.0 Å². The normalized spacial score (nSPS) is 10.6. The summed E-state index contributed by atoms with van der Waals surface area (Å²) in [4.78, 5) is 17.2. The molecule has 0 N–H and O–H groups in total. The van der Waals surface area contributed by atoms with Crippen LogP contribution in [0.4, 0.5) is 14.5 Å². The zero-order chi connectivity index (χ0) is 23.5. The minimum Gasteiger partial charge on any atom is -0.238 e. The Morgan fingerprint density at radius 1 is 0.529 bits per heavy atom. The van der Waals surface area contributed by atoms with Crippen molar-refractivity contribution in [2.24, 2.45) is 0 Å². The molecule has 0 unspecified atom stereocenters. The van der Waals surface area contributed by atoms with Gasteiger partial charge in [0.1, 0.15) is 11.6 Å². The SMILES string of the molecule is [C-]#[N+]c1ccc(F)c(-c2cc(-c3nc(-c4ccccc4)nc(-c4ccccc4)n3)ccc2F)c1. The van der Waals surface area contributed by atoms with E-state index in [0.717, 1.165) is 11.1 Å². The third-order valence-electron chi connectivity index (χ3n) is 5.29. The third-order valence-corrected chi connectivity index (χ3v) is 5.29. The number of benzene rings is 4. The van der Waals surface area contributed by atoms with Crippen LogP contribution < -0.4 is 0 Å². The second-order valence-electron chi connectivity index (χ2n) is 7.51. The zero-order valence-corrected chi connectivity index (χ0v) is 17.8. The Hall–Kier alpha value is -4.76. The predicted molar refractivity (Wildman–Crippen MR) is 128 cm³/mol. The van der Waals surface area contributed by atoms with Gasteiger partial charge < -0.3 is 0 Å². The minimum atomic E-state index is -0.617. The van der Waals surface area contributed by atoms with Gasteiger partial charge in [-0.1, -0.05) is 66.7 Å². The fraction of sp³-hybridized carbons (Fsp3) is 0. The van der Waals surface area contributed by atoms with Crippen molar-refractivity contribution in [1.29, 1.82) is 0 Å². The summed E-state index contributed by atoms with van der Waals surface area (Å²) >= 11 is 0. The molecule has 0 aliphatic rings. The molecule has 0 saturated carbocycles. The summed E-state index contributed by atoms with van der Waals surface area (Å²) in [5.74, 6) is 0.0446. The molecule has 0 saturated heterocycles. The lowest BCUT2D eigenvalue weighted by atomic mass is 10.0. The first-order chi connectivity index (χ1) is 16.6. The summed E-state index contributed by atoms with van der Waals surface area (Å²) in [5, 5.41) is 0. The van der Waals surface area contributed by atoms with Gasteiger partial charge in [-0.2, -0.15) is 0 Å². The Labute approximate surface area is 195 Å². The zero-order valence-electron chi connectivity index (χ0n) is 17.8. The standard InChI is InChI=1S/C28H16F2N4/c1-31-21-13-15-25(30)23(17-21)22-16-20(12-14-24(22)29)28-33-26(18-8-4-2-5-9-18)32-27(34-28)19-10-6-3-7-11-19/h2-17H. The van der Waals surface area contributed by atoms with Gasteiger partial charge in [0.25, 0.3) is 0 Å². The topological polar surface area (TPSA) is 43.0 Å². The van der Waals surface area contributed by atoms with Crippen LogP contribution >= 0.6 is 0 Å². The first kappa shape index (κ1) is 21.1. The van der Waals surface area contributed by atoms with Crippen molar-refractivity contribution in [3.8, 4) is 45.3 Å². The maximum Gasteiger partial charge on any atom is 0.188 e. The molecule has 4 nitrogen and oxygen atoms in total. The molecule has 162 valence electrons. The van der Waals surface area contributed by atoms with Crippen molar-refractivity contribution < 1.29 is 8.78 Å². The number of rotatable bonds is 4. The van der Waals surface area contributed by atoms with E-state index in [9.17, 15) is 8.78 Å². The summed E-state index contributed by atoms with van der Waals surface area (Å²) in [6.45, 7) is 7.20. The molecule has 0 amide bonds. The summed E-state index contributed by atoms with van der Waals surface area (Å²) in [6, 6.07) is 27.1. The van der Waals surface area contributed by atoms with Crippen molar-refractivity contribution in [3.63, 3.8) is 0 Å². The molecule has 0 radical (unpaired) electrons. The van der Waals surface area contributed by atoms with Gasteiger partial charge in [-0.25, -0.2) is 28.6 Å². The van der Waals surface area contributed by atoms with Crippen LogP contribution in [0.2, 0.25) is 0 Å². The van der Waals surface area contributed by atoms with Gasteiger partial charge in [0.05, 0.1) is 6.57 Å². The number of hydrogen-bond donors (Lipinski definition) is 0. The Balaban J connectivity index is 1.70. The molecule has 0 atom stereocenters. The lowest BCUT2D eigenvalue weighted by molar-refractivity contribution is 0.616. The van der Waals surface area contributed by atoms with Crippen molar-refractivity contribution in [2.75, 3.05) is 0 Å². The number of halogens is 2. The molecule has 5 rings (SSSR count). The third kappa shape index (κ3) is 4.15. The summed E-state index contributed by atoms with van der Waals surface area (Å²) < 4.78 is 29.3. The summed E-state index contributed by atoms with van der Waals surface area (Å²) in [6.07, 6.45) is 0. The number of aromatic nitrogens is 3. The van der Waals surface area contributed by atoms with Gasteiger partial charge in [-0.3, -0.25) is 0 Å². The molecule has 0 aliphatic heterocycles. The fourth-order valence-corrected chi connectivity index (χ4v) is 3.60. The van der Waals surface area contributed by atoms with Crippen LogP contribution in [0.1, 0.15) is 0 Å². The molecule has 1 aromatic heterocycles. The highest BCUT2D eigenvalue weighted by Crippen LogP contribution is 2.33. The van der Waals surface area contributed by atoms with Crippen LogP contribution in [0.3, 0.4) is 0 Å². The number of hydrogen-bond acceptors (Lipinski definition) is 3. The maximum absolute atomic E-state index is 14.8. The Morgan fingerprint density at radius 3 is 1.53 bits per heavy atom. The monoisotopic (exact) mass is 446 g/mol. The molecule has 0 bridgehead atoms. The lowest BCUT2D eigenvalue weighted by Gasteiger charge is -2.11. The largest absolute Gasteiger partial charge is 0.238 e. The van der Waals surface area contributed by atoms with E-state index in [-0.39, 0.29) is 16.8 Å². The second-order valence-corrected chi connectivity index (χ2v) is 7.51. The van der Waals surface area contributed by atoms with Gasteiger partial charge in [0.15, 0.2) is 23.2 Å². The Kier molecular flexibility index (Phi) is 5.59. The molecule has 0 aliphatic carbocycles. The first-order valence-electron chi connectivity index (χ1n) is 10.5. The highest BCUT2D eigenvalue weighted by Gasteiger charge is 2.16. The van der Waals surface area contributed by atoms with Gasteiger partial charge in [0.2, 0.25) is 0 Å². The van der Waals surface area contributed by atoms with Gasteiger partial charge in [-0.05, 0) is 30.3 Å². The molecule has 6 heteroatoms. The Morgan fingerprint density at radius 2 is 1.00 bits per heavy atom. The maximum atomic E-state index is 14.8. The van der Waals surface area contributed by atoms with Crippen LogP contribution in [-0.2, 0) is 0 Å². The summed E-state index contributed by atoms with van der Waals surface area (Å²) in [5.41, 5.74) is 2.37. The molecule has 0 fully saturated rings. The van der Waals surface area contributed by atoms with Crippen LogP contribution in [0.15, 0.2) is 97.1 Å². The highest BCUT2D eigenvalue weighted by molar-refractivity contribution is 5.75. The molecule has 1 heterocycles. The summed E-state index contributed by atoms with van der Waals surface area (Å²) in [7, 11) is 0. The quantitative estimate of drug-likeness (QED) is 0.271. The fourth-order valence-electron chi connectivity index (χ4n) is 3.60. The average Bonchev–Trinajstić information content (AvgIpc) is 2.90. The van der Waals surface area contributed by atoms with Crippen molar-refractivity contribution in [3.05, 3.63) is 120 Å². The van der Waals surface area contributed by atoms with E-state index in [1.807, 2.05) is 60.7 Å². The van der Waals surface area contributed by atoms with E-state index in [2.05, 4.69) is 19.8 Å². The molecule has 0 spiro atoms. The predicted octanol–water partition coefficient (Wildman–Crippen LogP) is 7.37. The van der Waals surface area contributed by atoms with E-state index >= 15 is 0 Å². The molecule has 5 aromatic rings. The molecule has 4 aromatic carbocycles. The van der Waals surface area contributed by atoms with Crippen molar-refractivity contribution in [1.82, 2.24) is 15.0 Å². The second kappa shape index (κ2) is 9.00. The lowest BCUT2D eigenvalue weighted by Crippen LogP contribution is -2.00. The van der Waals surface area contributed by atoms with E-state index < -0.39 is 11.6 Å². The van der Waals surface area contributed by atoms with E-state index in [1.165, 1.54) is 30.3 Å². The highest BCUT2D eigenvalue weighted by atomic mass is 19.1. The first-order valence-corrected chi connectivity index (χ1v) is 10.5. The van der Waals surface area contributed by atoms with Crippen LogP contribution in [0.25, 0.3) is 50.1 Å². The van der Waals surface area contributed by atoms with Crippen molar-refractivity contribution in [2.45, 2.75) is 0 Å². The van der Waals surface area contributed by atoms with Gasteiger partial charge in [0, 0.05) is 27.8 Å². The van der Waals surface area contributed by atoms with E-state index in [4.69, 9.17) is 6.57 Å². The minimum absolute atomic E-state index is 0.00784.